The lowest BCUT2D eigenvalue weighted by Gasteiger charge is -2.27. The van der Waals surface area contributed by atoms with E-state index in [2.05, 4.69) is 116 Å². The Balaban J connectivity index is 1.67. The second-order valence-electron chi connectivity index (χ2n) is 9.12. The molecule has 3 aromatic carbocycles. The molecule has 0 aliphatic rings. The van der Waals surface area contributed by atoms with Crippen molar-refractivity contribution in [1.82, 2.24) is 0 Å². The Kier molecular flexibility index (Phi) is 7.47. The van der Waals surface area contributed by atoms with Gasteiger partial charge in [-0.1, -0.05) is 61.6 Å². The van der Waals surface area contributed by atoms with Crippen molar-refractivity contribution in [3.63, 3.8) is 0 Å². The largest absolute Gasteiger partial charge is 0.507 e. The summed E-state index contributed by atoms with van der Waals surface area (Å²) in [6.45, 7) is 10.7. The molecular weight excluding hydrogens is 515 g/mol. The lowest BCUT2D eigenvalue weighted by molar-refractivity contribution is 0.435. The zero-order valence-corrected chi connectivity index (χ0v) is 21.8. The number of anilines is 3. The van der Waals surface area contributed by atoms with Crippen molar-refractivity contribution in [1.29, 1.82) is 0 Å². The molecule has 0 aromatic heterocycles. The summed E-state index contributed by atoms with van der Waals surface area (Å²) in [5, 5.41) is 17.8. The minimum atomic E-state index is -0.145. The van der Waals surface area contributed by atoms with Gasteiger partial charge in [-0.2, -0.15) is 0 Å². The van der Waals surface area contributed by atoms with Gasteiger partial charge in [0, 0.05) is 36.5 Å². The molecule has 0 unspecified atom stereocenters. The quantitative estimate of drug-likeness (QED) is 0.121. The van der Waals surface area contributed by atoms with Crippen LogP contribution in [-0.2, 0) is 8.84 Å². The second kappa shape index (κ2) is 9.74. The number of thioether (sulfide) groups is 1. The number of halogens is 1. The van der Waals surface area contributed by atoms with E-state index in [9.17, 15) is 5.11 Å². The minimum Gasteiger partial charge on any atom is -0.507 e. The van der Waals surface area contributed by atoms with Crippen molar-refractivity contribution in [2.45, 2.75) is 48.4 Å². The number of aromatic hydroxyl groups is 1. The maximum absolute atomic E-state index is 10.9. The van der Waals surface area contributed by atoms with Crippen LogP contribution in [0.1, 0.15) is 45.7 Å². The van der Waals surface area contributed by atoms with Crippen molar-refractivity contribution >= 4 is 51.4 Å². The van der Waals surface area contributed by atoms with Crippen LogP contribution in [0.3, 0.4) is 0 Å². The van der Waals surface area contributed by atoms with Crippen molar-refractivity contribution in [2.75, 3.05) is 16.5 Å². The molecule has 0 aliphatic carbocycles. The van der Waals surface area contributed by atoms with E-state index in [0.717, 1.165) is 39.0 Å². The molecular formula is C26H31IN2OS. The molecule has 3 nitrogen and oxygen atoms in total. The van der Waals surface area contributed by atoms with Crippen molar-refractivity contribution in [3.8, 4) is 5.75 Å². The molecule has 0 atom stereocenters. The minimum absolute atomic E-state index is 0.119. The molecule has 0 saturated heterocycles. The van der Waals surface area contributed by atoms with Gasteiger partial charge in [0.25, 0.3) is 0 Å². The number of hydrogen-bond donors (Lipinski definition) is 3. The average molecular weight is 547 g/mol. The smallest absolute Gasteiger partial charge is 0.123 e. The molecule has 0 bridgehead atoms. The predicted octanol–water partition coefficient (Wildman–Crippen LogP) is 8.27. The number of benzene rings is 3. The van der Waals surface area contributed by atoms with Crippen LogP contribution in [-0.4, -0.2) is 11.0 Å². The highest BCUT2D eigenvalue weighted by Crippen LogP contribution is 2.44. The highest BCUT2D eigenvalue weighted by atomic mass is 127. The molecule has 164 valence electrons. The molecule has 31 heavy (non-hydrogen) atoms. The maximum Gasteiger partial charge on any atom is 0.123 e. The number of para-hydroxylation sites is 1. The molecule has 0 heterocycles. The number of alkyl halides is 1. The van der Waals surface area contributed by atoms with E-state index >= 15 is 0 Å². The van der Waals surface area contributed by atoms with Crippen LogP contribution in [0.2, 0.25) is 0 Å². The molecule has 0 radical (unpaired) electrons. The van der Waals surface area contributed by atoms with Gasteiger partial charge in [0.1, 0.15) is 5.75 Å². The molecule has 0 saturated carbocycles. The summed E-state index contributed by atoms with van der Waals surface area (Å²) in [4.78, 5) is 1.16. The highest BCUT2D eigenvalue weighted by Gasteiger charge is 2.27. The second-order valence-corrected chi connectivity index (χ2v) is 12.9. The zero-order chi connectivity index (χ0) is 22.6. The summed E-state index contributed by atoms with van der Waals surface area (Å²) in [5.74, 6) is 1.17. The van der Waals surface area contributed by atoms with Gasteiger partial charge in [-0.3, -0.25) is 0 Å². The van der Waals surface area contributed by atoms with Gasteiger partial charge in [-0.15, -0.1) is 11.8 Å². The fraction of sp³-hybridized carbons (Fsp3) is 0.308. The number of phenols is 1. The van der Waals surface area contributed by atoms with Crippen LogP contribution in [0.25, 0.3) is 0 Å². The summed E-state index contributed by atoms with van der Waals surface area (Å²) in [6.07, 6.45) is 0. The van der Waals surface area contributed by atoms with Gasteiger partial charge < -0.3 is 15.7 Å². The summed E-state index contributed by atoms with van der Waals surface area (Å²) >= 11 is 4.15. The first-order chi connectivity index (χ1) is 14.5. The van der Waals surface area contributed by atoms with Crippen molar-refractivity contribution in [3.05, 3.63) is 77.9 Å². The molecule has 3 N–H and O–H groups in total. The van der Waals surface area contributed by atoms with E-state index in [1.165, 1.54) is 0 Å². The van der Waals surface area contributed by atoms with Gasteiger partial charge in [-0.25, -0.2) is 0 Å². The molecule has 3 rings (SSSR count). The van der Waals surface area contributed by atoms with Gasteiger partial charge in [-0.05, 0) is 67.8 Å². The third kappa shape index (κ3) is 6.56. The lowest BCUT2D eigenvalue weighted by Crippen LogP contribution is -2.15. The zero-order valence-electron chi connectivity index (χ0n) is 18.8. The van der Waals surface area contributed by atoms with Crippen LogP contribution in [0.4, 0.5) is 17.1 Å². The standard InChI is InChI=1S/C26H31IN2OS/c1-25(2,3)22-15-21(16-23(24(22)30)26(4,5)27)31-17-28-18-11-13-20(14-12-18)29-19-9-7-6-8-10-19/h6-16,28-30H,17H2,1-5H3. The molecule has 0 fully saturated rings. The van der Waals surface area contributed by atoms with Gasteiger partial charge in [0.2, 0.25) is 0 Å². The van der Waals surface area contributed by atoms with Crippen LogP contribution in [0.5, 0.6) is 5.75 Å². The third-order valence-electron chi connectivity index (χ3n) is 4.99. The topological polar surface area (TPSA) is 44.3 Å². The van der Waals surface area contributed by atoms with Crippen LogP contribution in [0, 0.1) is 0 Å². The number of nitrogens with one attached hydrogen (secondary N) is 2. The highest BCUT2D eigenvalue weighted by molar-refractivity contribution is 14.1. The van der Waals surface area contributed by atoms with Crippen molar-refractivity contribution < 1.29 is 5.11 Å². The predicted molar refractivity (Wildman–Crippen MR) is 144 cm³/mol. The first-order valence-corrected chi connectivity index (χ1v) is 12.5. The van der Waals surface area contributed by atoms with E-state index < -0.39 is 0 Å². The maximum atomic E-state index is 10.9. The van der Waals surface area contributed by atoms with Crippen LogP contribution >= 0.6 is 34.4 Å². The lowest BCUT2D eigenvalue weighted by atomic mass is 9.84. The molecule has 3 aromatic rings. The van der Waals surface area contributed by atoms with Crippen LogP contribution in [0.15, 0.2) is 71.6 Å². The average Bonchev–Trinajstić information content (AvgIpc) is 2.69. The molecule has 0 amide bonds. The first-order valence-electron chi connectivity index (χ1n) is 10.4. The first kappa shape index (κ1) is 23.8. The number of hydrogen-bond acceptors (Lipinski definition) is 4. The Morgan fingerprint density at radius 2 is 1.35 bits per heavy atom. The number of phenolic OH excluding ortho intramolecular Hbond substituents is 1. The monoisotopic (exact) mass is 546 g/mol. The SMILES string of the molecule is CC(C)(C)c1cc(SCNc2ccc(Nc3ccccc3)cc2)cc(C(C)(C)I)c1O. The Morgan fingerprint density at radius 1 is 0.806 bits per heavy atom. The summed E-state index contributed by atoms with van der Waals surface area (Å²) in [6, 6.07) is 22.7. The Morgan fingerprint density at radius 3 is 1.94 bits per heavy atom. The Bertz CT molecular complexity index is 971. The molecule has 5 heteroatoms. The summed E-state index contributed by atoms with van der Waals surface area (Å²) < 4.78 is -0.145. The summed E-state index contributed by atoms with van der Waals surface area (Å²) in [5.41, 5.74) is 5.08. The van der Waals surface area contributed by atoms with E-state index in [-0.39, 0.29) is 8.84 Å². The van der Waals surface area contributed by atoms with E-state index in [1.807, 2.05) is 18.2 Å². The number of rotatable bonds is 7. The third-order valence-corrected chi connectivity index (χ3v) is 6.43. The summed E-state index contributed by atoms with van der Waals surface area (Å²) in [7, 11) is 0. The van der Waals surface area contributed by atoms with E-state index in [1.54, 1.807) is 11.8 Å². The Labute approximate surface area is 204 Å². The fourth-order valence-electron chi connectivity index (χ4n) is 3.28. The molecule has 0 aliphatic heterocycles. The van der Waals surface area contributed by atoms with Gasteiger partial charge in [0.05, 0.1) is 5.88 Å². The fourth-order valence-corrected chi connectivity index (χ4v) is 4.50. The molecule has 0 spiro atoms. The van der Waals surface area contributed by atoms with E-state index in [0.29, 0.717) is 5.75 Å². The van der Waals surface area contributed by atoms with Crippen LogP contribution < -0.4 is 10.6 Å². The normalized spacial score (nSPS) is 11.9. The Hall–Kier alpha value is -1.86. The van der Waals surface area contributed by atoms with E-state index in [4.69, 9.17) is 0 Å². The van der Waals surface area contributed by atoms with Gasteiger partial charge in [0.15, 0.2) is 0 Å². The van der Waals surface area contributed by atoms with Gasteiger partial charge >= 0.3 is 0 Å². The van der Waals surface area contributed by atoms with Crippen molar-refractivity contribution in [2.24, 2.45) is 0 Å².